The molecule has 0 aromatic heterocycles. The van der Waals surface area contributed by atoms with Crippen molar-refractivity contribution in [3.05, 3.63) is 70.0 Å². The molecule has 0 aliphatic carbocycles. The summed E-state index contributed by atoms with van der Waals surface area (Å²) in [6.07, 6.45) is -9.19. The number of urea groups is 1. The number of carbonyl (C=O) groups excluding carboxylic acids is 1. The van der Waals surface area contributed by atoms with Gasteiger partial charge >= 0.3 is 18.4 Å². The van der Waals surface area contributed by atoms with Crippen LogP contribution in [0.2, 0.25) is 0 Å². The van der Waals surface area contributed by atoms with E-state index >= 15 is 0 Å². The average Bonchev–Trinajstić information content (AvgIpc) is 2.90. The van der Waals surface area contributed by atoms with Crippen LogP contribution in [0.4, 0.5) is 35.5 Å². The van der Waals surface area contributed by atoms with Crippen molar-refractivity contribution in [1.29, 1.82) is 0 Å². The van der Waals surface area contributed by atoms with E-state index in [1.807, 2.05) is 0 Å². The molecule has 2 amide bonds. The third kappa shape index (κ3) is 7.01. The van der Waals surface area contributed by atoms with Gasteiger partial charge in [0.05, 0.1) is 34.7 Å². The molecule has 4 rings (SSSR count). The van der Waals surface area contributed by atoms with E-state index < -0.39 is 57.2 Å². The van der Waals surface area contributed by atoms with Crippen LogP contribution in [0.1, 0.15) is 59.7 Å². The minimum atomic E-state index is -5.03. The number of hydrogen-bond donors (Lipinski definition) is 0. The van der Waals surface area contributed by atoms with E-state index in [1.165, 1.54) is 31.0 Å². The Bertz CT molecular complexity index is 1380. The van der Waals surface area contributed by atoms with Crippen LogP contribution >= 0.6 is 0 Å². The van der Waals surface area contributed by atoms with Crippen LogP contribution in [0.3, 0.4) is 0 Å². The number of benzene rings is 2. The molecular weight excluding hydrogens is 591 g/mol. The van der Waals surface area contributed by atoms with Crippen LogP contribution < -0.4 is 0 Å². The molecule has 2 saturated heterocycles. The molecule has 0 saturated carbocycles. The second-order valence-electron chi connectivity index (χ2n) is 11.0. The summed E-state index contributed by atoms with van der Waals surface area (Å²) in [5.74, 6) is -0.439. The van der Waals surface area contributed by atoms with Gasteiger partial charge in [-0.25, -0.2) is 17.6 Å². The van der Waals surface area contributed by atoms with Gasteiger partial charge in [-0.1, -0.05) is 6.07 Å². The summed E-state index contributed by atoms with van der Waals surface area (Å²) < 4.78 is 119. The molecule has 232 valence electrons. The number of halogens is 7. The molecule has 0 unspecified atom stereocenters. The largest absolute Gasteiger partial charge is 0.416 e. The smallest absolute Gasteiger partial charge is 0.321 e. The molecule has 2 aliphatic heterocycles. The minimum absolute atomic E-state index is 0.0174. The van der Waals surface area contributed by atoms with Crippen LogP contribution in [-0.2, 0) is 22.2 Å². The lowest BCUT2D eigenvalue weighted by Crippen LogP contribution is -2.54. The maximum absolute atomic E-state index is 14.0. The maximum atomic E-state index is 14.0. The lowest BCUT2D eigenvalue weighted by atomic mass is 9.88. The molecule has 42 heavy (non-hydrogen) atoms. The Hall–Kier alpha value is -2.87. The zero-order valence-corrected chi connectivity index (χ0v) is 24.1. The molecule has 0 radical (unpaired) electrons. The predicted molar refractivity (Wildman–Crippen MR) is 142 cm³/mol. The molecule has 2 aromatic rings. The first-order chi connectivity index (χ1) is 19.4. The van der Waals surface area contributed by atoms with Gasteiger partial charge in [0, 0.05) is 32.7 Å². The molecule has 2 aromatic carbocycles. The number of aryl methyl sites for hydroxylation is 1. The highest BCUT2D eigenvalue weighted by Crippen LogP contribution is 2.40. The average molecular weight is 624 g/mol. The SMILES string of the molecule is Cc1cc(F)ccc1[C@H]1C[C@@H](N2CCS(=O)(=O)CC2)CCN1C(=O)N(C)[C@@H](C)c1cc(C(F)(F)F)cc(C(F)(F)F)c1. The lowest BCUT2D eigenvalue weighted by Gasteiger charge is -2.46. The monoisotopic (exact) mass is 623 g/mol. The Balaban J connectivity index is 1.64. The van der Waals surface area contributed by atoms with Crippen molar-refractivity contribution in [3.63, 3.8) is 0 Å². The van der Waals surface area contributed by atoms with Gasteiger partial charge in [-0.2, -0.15) is 26.3 Å². The second-order valence-corrected chi connectivity index (χ2v) is 13.3. The van der Waals surface area contributed by atoms with Gasteiger partial charge in [0.1, 0.15) is 5.82 Å². The predicted octanol–water partition coefficient (Wildman–Crippen LogP) is 6.22. The van der Waals surface area contributed by atoms with E-state index in [1.54, 1.807) is 13.0 Å². The summed E-state index contributed by atoms with van der Waals surface area (Å²) in [5, 5.41) is 0. The Labute approximate surface area is 240 Å². The van der Waals surface area contributed by atoms with E-state index in [9.17, 15) is 43.9 Å². The summed E-state index contributed by atoms with van der Waals surface area (Å²) in [7, 11) is -1.81. The first kappa shape index (κ1) is 32.1. The number of piperidine rings is 1. The molecule has 0 N–H and O–H groups in total. The zero-order valence-electron chi connectivity index (χ0n) is 23.3. The first-order valence-electron chi connectivity index (χ1n) is 13.4. The molecule has 2 heterocycles. The van der Waals surface area contributed by atoms with Gasteiger partial charge < -0.3 is 9.80 Å². The fourth-order valence-corrected chi connectivity index (χ4v) is 6.95. The van der Waals surface area contributed by atoms with Gasteiger partial charge in [0.15, 0.2) is 9.84 Å². The van der Waals surface area contributed by atoms with Crippen molar-refractivity contribution in [1.82, 2.24) is 14.7 Å². The number of carbonyl (C=O) groups is 1. The van der Waals surface area contributed by atoms with Crippen LogP contribution in [-0.4, -0.2) is 73.4 Å². The van der Waals surface area contributed by atoms with E-state index in [-0.39, 0.29) is 35.7 Å². The maximum Gasteiger partial charge on any atom is 0.416 e. The van der Waals surface area contributed by atoms with Crippen molar-refractivity contribution < 1.29 is 43.9 Å². The van der Waals surface area contributed by atoms with Gasteiger partial charge in [0.2, 0.25) is 0 Å². The molecule has 3 atom stereocenters. The van der Waals surface area contributed by atoms with Crippen molar-refractivity contribution in [2.75, 3.05) is 38.2 Å². The molecular formula is C28H32F7N3O3S. The fraction of sp³-hybridized carbons (Fsp3) is 0.536. The first-order valence-corrected chi connectivity index (χ1v) is 15.2. The third-order valence-corrected chi connectivity index (χ3v) is 9.89. The van der Waals surface area contributed by atoms with Crippen molar-refractivity contribution in [3.8, 4) is 0 Å². The van der Waals surface area contributed by atoms with Gasteiger partial charge in [0.25, 0.3) is 0 Å². The number of amides is 2. The number of rotatable bonds is 4. The summed E-state index contributed by atoms with van der Waals surface area (Å²) in [6.45, 7) is 3.91. The van der Waals surface area contributed by atoms with Gasteiger partial charge in [-0.3, -0.25) is 4.90 Å². The summed E-state index contributed by atoms with van der Waals surface area (Å²) in [4.78, 5) is 18.5. The summed E-state index contributed by atoms with van der Waals surface area (Å²) in [5.41, 5.74) is -2.04. The number of hydrogen-bond acceptors (Lipinski definition) is 4. The Kier molecular flexibility index (Phi) is 8.90. The van der Waals surface area contributed by atoms with E-state index in [2.05, 4.69) is 4.90 Å². The van der Waals surface area contributed by atoms with Crippen LogP contribution in [0, 0.1) is 12.7 Å². The summed E-state index contributed by atoms with van der Waals surface area (Å²) >= 11 is 0. The normalized spacial score (nSPS) is 22.6. The molecule has 2 aliphatic rings. The van der Waals surface area contributed by atoms with Crippen molar-refractivity contribution in [2.24, 2.45) is 0 Å². The van der Waals surface area contributed by atoms with E-state index in [0.29, 0.717) is 49.2 Å². The third-order valence-electron chi connectivity index (χ3n) is 8.28. The quantitative estimate of drug-likeness (QED) is 0.380. The number of likely N-dealkylation sites (tertiary alicyclic amines) is 1. The van der Waals surface area contributed by atoms with Crippen LogP contribution in [0.25, 0.3) is 0 Å². The van der Waals surface area contributed by atoms with Crippen LogP contribution in [0.5, 0.6) is 0 Å². The van der Waals surface area contributed by atoms with Crippen molar-refractivity contribution >= 4 is 15.9 Å². The number of nitrogens with zero attached hydrogens (tertiary/aromatic N) is 3. The minimum Gasteiger partial charge on any atom is -0.321 e. The fourth-order valence-electron chi connectivity index (χ4n) is 5.72. The molecule has 0 bridgehead atoms. The van der Waals surface area contributed by atoms with Crippen molar-refractivity contribution in [2.45, 2.75) is 57.2 Å². The highest BCUT2D eigenvalue weighted by atomic mass is 32.2. The number of alkyl halides is 6. The van der Waals surface area contributed by atoms with E-state index in [4.69, 9.17) is 0 Å². The zero-order chi connectivity index (χ0) is 31.2. The second kappa shape index (κ2) is 11.7. The summed E-state index contributed by atoms with van der Waals surface area (Å²) in [6, 6.07) is 2.98. The highest BCUT2D eigenvalue weighted by Gasteiger charge is 2.41. The molecule has 2 fully saturated rings. The van der Waals surface area contributed by atoms with Gasteiger partial charge in [-0.15, -0.1) is 0 Å². The Morgan fingerprint density at radius 1 is 0.952 bits per heavy atom. The lowest BCUT2D eigenvalue weighted by molar-refractivity contribution is -0.143. The Morgan fingerprint density at radius 2 is 1.52 bits per heavy atom. The van der Waals surface area contributed by atoms with E-state index in [0.717, 1.165) is 4.90 Å². The molecule has 14 heteroatoms. The van der Waals surface area contributed by atoms with Gasteiger partial charge in [-0.05, 0) is 73.7 Å². The molecule has 6 nitrogen and oxygen atoms in total. The molecule has 0 spiro atoms. The number of sulfone groups is 1. The standard InChI is InChI=1S/C28H32F7N3O3S/c1-17-12-22(29)4-5-24(17)25-16-23(37-8-10-42(40,41)11-9-37)6-7-38(25)26(39)36(3)18(2)19-13-20(27(30,31)32)15-21(14-19)28(33,34)35/h4-5,12-15,18,23,25H,6-11,16H2,1-3H3/t18-,23-,25+/m0/s1. The topological polar surface area (TPSA) is 60.9 Å². The van der Waals surface area contributed by atoms with Crippen LogP contribution in [0.15, 0.2) is 36.4 Å². The highest BCUT2D eigenvalue weighted by molar-refractivity contribution is 7.91. The Morgan fingerprint density at radius 3 is 2.05 bits per heavy atom.